The van der Waals surface area contributed by atoms with Crippen molar-refractivity contribution in [2.45, 2.75) is 25.4 Å². The molecule has 1 heterocycles. The molecular formula is C20H21ClN4O3. The molecule has 0 aromatic heterocycles. The smallest absolute Gasteiger partial charge is 0.318 e. The van der Waals surface area contributed by atoms with Crippen molar-refractivity contribution >= 4 is 29.4 Å². The van der Waals surface area contributed by atoms with Crippen LogP contribution < -0.4 is 16.1 Å². The fraction of sp³-hybridized carbons (Fsp3) is 0.250. The summed E-state index contributed by atoms with van der Waals surface area (Å²) in [7, 11) is 0. The molecule has 1 fully saturated rings. The first kappa shape index (κ1) is 19.9. The maximum absolute atomic E-state index is 12.8. The van der Waals surface area contributed by atoms with Gasteiger partial charge < -0.3 is 10.6 Å². The maximum Gasteiger partial charge on any atom is 0.344 e. The third-order valence-electron chi connectivity index (χ3n) is 4.70. The van der Waals surface area contributed by atoms with Crippen LogP contribution in [-0.2, 0) is 15.1 Å². The summed E-state index contributed by atoms with van der Waals surface area (Å²) < 4.78 is 0. The monoisotopic (exact) mass is 400 g/mol. The summed E-state index contributed by atoms with van der Waals surface area (Å²) in [6.45, 7) is 3.42. The fourth-order valence-electron chi connectivity index (χ4n) is 3.01. The number of halogens is 1. The summed E-state index contributed by atoms with van der Waals surface area (Å²) in [4.78, 5) is 37.3. The minimum atomic E-state index is -1.23. The second-order valence-electron chi connectivity index (χ2n) is 6.75. The number of nitrogens with one attached hydrogen (secondary N) is 3. The molecule has 0 aliphatic carbocycles. The van der Waals surface area contributed by atoms with Crippen LogP contribution in [0.5, 0.6) is 0 Å². The first-order chi connectivity index (χ1) is 13.3. The largest absolute Gasteiger partial charge is 0.344 e. The van der Waals surface area contributed by atoms with E-state index in [0.29, 0.717) is 10.6 Å². The summed E-state index contributed by atoms with van der Waals surface area (Å²) in [5, 5.41) is 7.01. The maximum atomic E-state index is 12.8. The van der Waals surface area contributed by atoms with Gasteiger partial charge in [-0.05, 0) is 37.1 Å². The molecular weight excluding hydrogens is 380 g/mol. The number of nitrogens with zero attached hydrogens (tertiary/aromatic N) is 1. The molecule has 1 saturated heterocycles. The minimum Gasteiger partial charge on any atom is -0.318 e. The van der Waals surface area contributed by atoms with Gasteiger partial charge in [0.1, 0.15) is 5.54 Å². The van der Waals surface area contributed by atoms with E-state index < -0.39 is 23.4 Å². The Kier molecular flexibility index (Phi) is 5.67. The number of imide groups is 1. The number of hydrazine groups is 1. The van der Waals surface area contributed by atoms with Crippen LogP contribution >= 0.6 is 11.6 Å². The van der Waals surface area contributed by atoms with E-state index in [2.05, 4.69) is 16.1 Å². The molecule has 0 unspecified atom stereocenters. The lowest BCUT2D eigenvalue weighted by Gasteiger charge is -2.22. The van der Waals surface area contributed by atoms with Gasteiger partial charge in [-0.3, -0.25) is 15.0 Å². The molecule has 0 radical (unpaired) electrons. The van der Waals surface area contributed by atoms with E-state index in [1.54, 1.807) is 43.3 Å². The zero-order chi connectivity index (χ0) is 20.3. The number of benzene rings is 2. The van der Waals surface area contributed by atoms with E-state index in [-0.39, 0.29) is 12.6 Å². The Hall–Kier alpha value is -2.90. The van der Waals surface area contributed by atoms with Crippen molar-refractivity contribution in [3.05, 3.63) is 70.7 Å². The summed E-state index contributed by atoms with van der Waals surface area (Å²) in [6.07, 6.45) is 0. The van der Waals surface area contributed by atoms with Gasteiger partial charge in [-0.2, -0.15) is 5.01 Å². The molecule has 8 heteroatoms. The standard InChI is InChI=1S/C20H21ClN4O3/c1-13(14-7-6-10-16(21)11-14)22-12-17(26)24-25-18(27)20(2,23-19(25)28)15-8-4-3-5-9-15/h3-11,13,22H,12H2,1-2H3,(H,23,28)(H,24,26)/t13-,20-/m0/s1. The predicted octanol–water partition coefficient (Wildman–Crippen LogP) is 2.49. The van der Waals surface area contributed by atoms with E-state index in [1.165, 1.54) is 0 Å². The van der Waals surface area contributed by atoms with Gasteiger partial charge in [-0.15, -0.1) is 0 Å². The molecule has 4 amide bonds. The predicted molar refractivity (Wildman–Crippen MR) is 105 cm³/mol. The number of amides is 4. The zero-order valence-corrected chi connectivity index (χ0v) is 16.3. The molecule has 0 saturated carbocycles. The Morgan fingerprint density at radius 3 is 2.57 bits per heavy atom. The molecule has 1 aliphatic rings. The molecule has 0 bridgehead atoms. The first-order valence-electron chi connectivity index (χ1n) is 8.82. The number of urea groups is 1. The Morgan fingerprint density at radius 1 is 1.18 bits per heavy atom. The molecule has 0 spiro atoms. The van der Waals surface area contributed by atoms with Crippen LogP contribution in [0.3, 0.4) is 0 Å². The van der Waals surface area contributed by atoms with Crippen molar-refractivity contribution in [1.29, 1.82) is 0 Å². The summed E-state index contributed by atoms with van der Waals surface area (Å²) in [5.74, 6) is -1.05. The van der Waals surface area contributed by atoms with E-state index in [9.17, 15) is 14.4 Å². The van der Waals surface area contributed by atoms with E-state index in [4.69, 9.17) is 11.6 Å². The Labute approximate surface area is 168 Å². The highest BCUT2D eigenvalue weighted by Gasteiger charge is 2.49. The molecule has 3 N–H and O–H groups in total. The highest BCUT2D eigenvalue weighted by molar-refractivity contribution is 6.30. The number of rotatable bonds is 6. The van der Waals surface area contributed by atoms with Gasteiger partial charge >= 0.3 is 6.03 Å². The van der Waals surface area contributed by atoms with Gasteiger partial charge in [0.05, 0.1) is 6.54 Å². The van der Waals surface area contributed by atoms with Crippen molar-refractivity contribution in [2.75, 3.05) is 6.54 Å². The number of hydrogen-bond acceptors (Lipinski definition) is 4. The minimum absolute atomic E-state index is 0.0766. The van der Waals surface area contributed by atoms with Crippen molar-refractivity contribution in [2.24, 2.45) is 0 Å². The molecule has 2 aromatic rings. The molecule has 2 atom stereocenters. The van der Waals surface area contributed by atoms with Gasteiger partial charge in [0, 0.05) is 11.1 Å². The van der Waals surface area contributed by atoms with Crippen LogP contribution in [0, 0.1) is 0 Å². The fourth-order valence-corrected chi connectivity index (χ4v) is 3.21. The average Bonchev–Trinajstić information content (AvgIpc) is 2.91. The van der Waals surface area contributed by atoms with Gasteiger partial charge in [-0.1, -0.05) is 54.1 Å². The van der Waals surface area contributed by atoms with Crippen LogP contribution in [-0.4, -0.2) is 29.4 Å². The summed E-state index contributed by atoms with van der Waals surface area (Å²) in [5.41, 5.74) is 2.70. The molecule has 146 valence electrons. The molecule has 28 heavy (non-hydrogen) atoms. The summed E-state index contributed by atoms with van der Waals surface area (Å²) >= 11 is 5.98. The highest BCUT2D eigenvalue weighted by atomic mass is 35.5. The summed E-state index contributed by atoms with van der Waals surface area (Å²) in [6, 6.07) is 15.4. The molecule has 2 aromatic carbocycles. The average molecular weight is 401 g/mol. The quantitative estimate of drug-likeness (QED) is 0.650. The van der Waals surface area contributed by atoms with Crippen molar-refractivity contribution in [3.63, 3.8) is 0 Å². The highest BCUT2D eigenvalue weighted by Crippen LogP contribution is 2.27. The molecule has 1 aliphatic heterocycles. The van der Waals surface area contributed by atoms with E-state index in [1.807, 2.05) is 25.1 Å². The Bertz CT molecular complexity index is 905. The lowest BCUT2D eigenvalue weighted by atomic mass is 9.92. The Balaban J connectivity index is 1.61. The van der Waals surface area contributed by atoms with E-state index in [0.717, 1.165) is 10.6 Å². The van der Waals surface area contributed by atoms with Gasteiger partial charge in [0.2, 0.25) is 0 Å². The SMILES string of the molecule is C[C@H](NCC(=O)NN1C(=O)N[C@@](C)(c2ccccc2)C1=O)c1cccc(Cl)c1. The number of hydrogen-bond donors (Lipinski definition) is 3. The van der Waals surface area contributed by atoms with Gasteiger partial charge in [0.25, 0.3) is 11.8 Å². The van der Waals surface area contributed by atoms with Gasteiger partial charge in [-0.25, -0.2) is 4.79 Å². The molecule has 3 rings (SSSR count). The zero-order valence-electron chi connectivity index (χ0n) is 15.5. The first-order valence-corrected chi connectivity index (χ1v) is 9.19. The normalized spacial score (nSPS) is 20.0. The van der Waals surface area contributed by atoms with Crippen LogP contribution in [0.15, 0.2) is 54.6 Å². The van der Waals surface area contributed by atoms with Crippen LogP contribution in [0.2, 0.25) is 5.02 Å². The van der Waals surface area contributed by atoms with Gasteiger partial charge in [0.15, 0.2) is 0 Å². The number of carbonyl (C=O) groups excluding carboxylic acids is 3. The third-order valence-corrected chi connectivity index (χ3v) is 4.93. The Morgan fingerprint density at radius 2 is 1.89 bits per heavy atom. The second kappa shape index (κ2) is 8.00. The van der Waals surface area contributed by atoms with Crippen LogP contribution in [0.25, 0.3) is 0 Å². The van der Waals surface area contributed by atoms with Crippen molar-refractivity contribution in [3.8, 4) is 0 Å². The molecule has 7 nitrogen and oxygen atoms in total. The van der Waals surface area contributed by atoms with Crippen LogP contribution in [0.4, 0.5) is 4.79 Å². The van der Waals surface area contributed by atoms with Crippen LogP contribution in [0.1, 0.15) is 31.0 Å². The number of carbonyl (C=O) groups is 3. The lowest BCUT2D eigenvalue weighted by Crippen LogP contribution is -2.50. The second-order valence-corrected chi connectivity index (χ2v) is 7.19. The van der Waals surface area contributed by atoms with Crippen molar-refractivity contribution < 1.29 is 14.4 Å². The lowest BCUT2D eigenvalue weighted by molar-refractivity contribution is -0.138. The third kappa shape index (κ3) is 4.00. The topological polar surface area (TPSA) is 90.5 Å². The van der Waals surface area contributed by atoms with E-state index >= 15 is 0 Å². The van der Waals surface area contributed by atoms with Crippen molar-refractivity contribution in [1.82, 2.24) is 21.1 Å².